The number of rotatable bonds is 6. The molecule has 4 aromatic rings. The number of benzene rings is 3. The maximum atomic E-state index is 13.8. The highest BCUT2D eigenvalue weighted by Gasteiger charge is 2.24. The molecule has 214 valence electrons. The third-order valence-corrected chi connectivity index (χ3v) is 7.67. The molecule has 1 aliphatic rings. The van der Waals surface area contributed by atoms with Gasteiger partial charge in [0.05, 0.1) is 6.42 Å². The van der Waals surface area contributed by atoms with Crippen molar-refractivity contribution in [1.29, 1.82) is 0 Å². The number of para-hydroxylation sites is 2. The van der Waals surface area contributed by atoms with Gasteiger partial charge in [-0.05, 0) is 54.3 Å². The first kappa shape index (κ1) is 28.8. The molecule has 0 unspecified atom stereocenters. The number of halogens is 1. The van der Waals surface area contributed by atoms with Crippen molar-refractivity contribution in [3.8, 4) is 0 Å². The molecule has 2 heterocycles. The minimum Gasteiger partial charge on any atom is -0.375 e. The van der Waals surface area contributed by atoms with Crippen LogP contribution in [-0.4, -0.2) is 66.7 Å². The normalized spacial score (nSPS) is 15.3. The topological polar surface area (TPSA) is 79.1 Å². The Kier molecular flexibility index (Phi) is 9.67. The van der Waals surface area contributed by atoms with E-state index in [1.807, 2.05) is 77.7 Å². The van der Waals surface area contributed by atoms with Gasteiger partial charge in [0, 0.05) is 62.5 Å². The molecule has 0 radical (unpaired) electrons. The summed E-state index contributed by atoms with van der Waals surface area (Å²) in [5.74, 6) is -0.136. The second-order valence-electron chi connectivity index (χ2n) is 10.3. The predicted octanol–water partition coefficient (Wildman–Crippen LogP) is 5.33. The van der Waals surface area contributed by atoms with Crippen LogP contribution in [0.2, 0.25) is 5.02 Å². The molecule has 0 bridgehead atoms. The van der Waals surface area contributed by atoms with Crippen molar-refractivity contribution >= 4 is 40.1 Å². The predicted molar refractivity (Wildman–Crippen MR) is 160 cm³/mol. The van der Waals surface area contributed by atoms with Crippen molar-refractivity contribution in [3.05, 3.63) is 94.6 Å². The second kappa shape index (κ2) is 13.8. The first-order chi connectivity index (χ1) is 20.0. The van der Waals surface area contributed by atoms with Crippen LogP contribution in [0.5, 0.6) is 0 Å². The fourth-order valence-electron chi connectivity index (χ4n) is 5.36. The lowest BCUT2D eigenvalue weighted by molar-refractivity contribution is -0.131. The first-order valence-electron chi connectivity index (χ1n) is 14.0. The lowest BCUT2D eigenvalue weighted by Gasteiger charge is -2.31. The third-order valence-electron chi connectivity index (χ3n) is 7.41. The number of anilines is 1. The zero-order valence-electron chi connectivity index (χ0n) is 23.3. The summed E-state index contributed by atoms with van der Waals surface area (Å²) in [7, 11) is 1.53. The van der Waals surface area contributed by atoms with Gasteiger partial charge in [0.25, 0.3) is 5.91 Å². The number of hydrogen-bond acceptors (Lipinski definition) is 6. The number of nitrogens with zero attached hydrogens (tertiary/aromatic N) is 4. The van der Waals surface area contributed by atoms with Gasteiger partial charge in [-0.3, -0.25) is 14.5 Å². The Labute approximate surface area is 245 Å². The van der Waals surface area contributed by atoms with Crippen LogP contribution >= 0.6 is 11.6 Å². The van der Waals surface area contributed by atoms with E-state index < -0.39 is 0 Å². The zero-order chi connectivity index (χ0) is 28.6. The number of fused-ring (bicyclic) bond motifs is 2. The van der Waals surface area contributed by atoms with Crippen molar-refractivity contribution in [2.45, 2.75) is 32.4 Å². The monoisotopic (exact) mass is 574 g/mol. The van der Waals surface area contributed by atoms with Crippen LogP contribution in [0.1, 0.15) is 29.7 Å². The summed E-state index contributed by atoms with van der Waals surface area (Å²) in [6, 6.07) is 23.3. The Morgan fingerprint density at radius 2 is 1.63 bits per heavy atom. The minimum absolute atomic E-state index is 0.00922. The van der Waals surface area contributed by atoms with Crippen LogP contribution in [0.25, 0.3) is 11.0 Å². The fraction of sp³-hybridized carbons (Fsp3) is 0.344. The quantitative estimate of drug-likeness (QED) is 0.310. The molecule has 3 aromatic carbocycles. The number of carbonyl (C=O) groups is 2. The van der Waals surface area contributed by atoms with Crippen LogP contribution in [-0.2, 0) is 33.8 Å². The van der Waals surface area contributed by atoms with Gasteiger partial charge in [-0.1, -0.05) is 59.2 Å². The smallest absolute Gasteiger partial charge is 0.252 e. The minimum atomic E-state index is -0.104. The molecule has 0 spiro atoms. The van der Waals surface area contributed by atoms with Gasteiger partial charge < -0.3 is 19.1 Å². The molecule has 1 aromatic heterocycles. The molecule has 1 aliphatic heterocycles. The highest BCUT2D eigenvalue weighted by molar-refractivity contribution is 6.30. The Morgan fingerprint density at radius 3 is 2.44 bits per heavy atom. The lowest BCUT2D eigenvalue weighted by Crippen LogP contribution is -2.40. The molecule has 8 nitrogen and oxygen atoms in total. The Bertz CT molecular complexity index is 1470. The van der Waals surface area contributed by atoms with E-state index >= 15 is 0 Å². The van der Waals surface area contributed by atoms with E-state index in [0.717, 1.165) is 49.1 Å². The largest absolute Gasteiger partial charge is 0.375 e. The molecule has 0 saturated carbocycles. The summed E-state index contributed by atoms with van der Waals surface area (Å²) in [6.07, 6.45) is 1.76. The Hall–Kier alpha value is -3.72. The Balaban J connectivity index is 1.42. The molecule has 0 atom stereocenters. The number of methoxy groups -OCH3 is 1. The number of hydrogen-bond donors (Lipinski definition) is 0. The molecule has 5 rings (SSSR count). The highest BCUT2D eigenvalue weighted by atomic mass is 35.5. The van der Waals surface area contributed by atoms with Crippen molar-refractivity contribution in [3.63, 3.8) is 0 Å². The Morgan fingerprint density at radius 1 is 0.902 bits per heavy atom. The summed E-state index contributed by atoms with van der Waals surface area (Å²) in [5, 5.41) is 5.75. The highest BCUT2D eigenvalue weighted by Crippen LogP contribution is 2.25. The first-order valence-corrected chi connectivity index (χ1v) is 14.3. The van der Waals surface area contributed by atoms with E-state index in [1.165, 1.54) is 12.7 Å². The van der Waals surface area contributed by atoms with E-state index in [4.69, 9.17) is 20.9 Å². The average Bonchev–Trinajstić information content (AvgIpc) is 3.38. The maximum Gasteiger partial charge on any atom is 0.252 e. The summed E-state index contributed by atoms with van der Waals surface area (Å²) in [5.41, 5.74) is 4.20. The van der Waals surface area contributed by atoms with Crippen LogP contribution in [0.3, 0.4) is 0 Å². The van der Waals surface area contributed by atoms with Gasteiger partial charge in [0.1, 0.15) is 12.3 Å². The van der Waals surface area contributed by atoms with Crippen LogP contribution < -0.4 is 4.90 Å². The molecule has 0 aliphatic carbocycles. The summed E-state index contributed by atoms with van der Waals surface area (Å²) < 4.78 is 10.7. The number of aromatic nitrogens is 1. The van der Waals surface area contributed by atoms with Crippen molar-refractivity contribution in [2.75, 3.05) is 44.8 Å². The second-order valence-corrected chi connectivity index (χ2v) is 10.8. The zero-order valence-corrected chi connectivity index (χ0v) is 24.1. The SMILES string of the molecule is COCC(=O)N1CCCN(Cc2ccc(Cl)cc2)CCCN(C(=O)Cc2noc3ccccc23)Cc2ccccc21. The molecule has 9 heteroatoms. The van der Waals surface area contributed by atoms with E-state index in [2.05, 4.69) is 10.1 Å². The molecule has 41 heavy (non-hydrogen) atoms. The van der Waals surface area contributed by atoms with Crippen LogP contribution in [0.4, 0.5) is 5.69 Å². The van der Waals surface area contributed by atoms with Gasteiger partial charge in [-0.25, -0.2) is 0 Å². The number of amides is 2. The summed E-state index contributed by atoms with van der Waals surface area (Å²) >= 11 is 6.11. The molecule has 0 N–H and O–H groups in total. The average molecular weight is 575 g/mol. The van der Waals surface area contributed by atoms with E-state index in [-0.39, 0.29) is 24.8 Å². The molecular weight excluding hydrogens is 540 g/mol. The number of ether oxygens (including phenoxy) is 1. The van der Waals surface area contributed by atoms with E-state index in [9.17, 15) is 9.59 Å². The number of carbonyl (C=O) groups excluding carboxylic acids is 2. The van der Waals surface area contributed by atoms with Gasteiger partial charge >= 0.3 is 0 Å². The molecule has 2 amide bonds. The standard InChI is InChI=1S/C32H35ClN4O4/c1-40-23-32(39)37-19-7-17-35(21-24-12-14-26(33)15-13-24)16-6-18-36(22-25-8-2-4-10-29(25)37)31(38)20-28-27-9-3-5-11-30(27)41-34-28/h2-5,8-15H,6-7,16-23H2,1H3. The van der Waals surface area contributed by atoms with E-state index in [1.54, 1.807) is 4.90 Å². The van der Waals surface area contributed by atoms with Gasteiger partial charge in [0.15, 0.2) is 5.58 Å². The molecular formula is C32H35ClN4O4. The third kappa shape index (κ3) is 7.33. The molecule has 0 fully saturated rings. The van der Waals surface area contributed by atoms with Crippen molar-refractivity contribution in [1.82, 2.24) is 15.0 Å². The van der Waals surface area contributed by atoms with Crippen molar-refractivity contribution in [2.24, 2.45) is 0 Å². The van der Waals surface area contributed by atoms with Crippen molar-refractivity contribution < 1.29 is 18.8 Å². The van der Waals surface area contributed by atoms with E-state index in [0.29, 0.717) is 35.9 Å². The van der Waals surface area contributed by atoms with Gasteiger partial charge in [-0.15, -0.1) is 0 Å². The van der Waals surface area contributed by atoms with Crippen LogP contribution in [0.15, 0.2) is 77.3 Å². The lowest BCUT2D eigenvalue weighted by atomic mass is 10.1. The summed E-state index contributed by atoms with van der Waals surface area (Å²) in [4.78, 5) is 33.0. The molecule has 0 saturated heterocycles. The van der Waals surface area contributed by atoms with Crippen LogP contribution in [0, 0.1) is 0 Å². The fourth-order valence-corrected chi connectivity index (χ4v) is 5.49. The van der Waals surface area contributed by atoms with Gasteiger partial charge in [-0.2, -0.15) is 0 Å². The summed E-state index contributed by atoms with van der Waals surface area (Å²) in [6.45, 7) is 3.89. The van der Waals surface area contributed by atoms with Gasteiger partial charge in [0.2, 0.25) is 5.91 Å². The maximum absolute atomic E-state index is 13.8.